The van der Waals surface area contributed by atoms with Gasteiger partial charge in [0.15, 0.2) is 0 Å². The predicted molar refractivity (Wildman–Crippen MR) is 28.7 cm³/mol. The molecule has 0 spiro atoms. The molecule has 0 fully saturated rings. The molecular formula is C4H10S. The third-order valence-corrected chi connectivity index (χ3v) is 1.05. The topological polar surface area (TPSA) is 0 Å². The molecule has 0 unspecified atom stereocenters. The summed E-state index contributed by atoms with van der Waals surface area (Å²) in [4.78, 5) is 0. The SMILES string of the molecule is [2H]CSCCC. The fraction of sp³-hybridized carbons (Fsp3) is 1.00. The Morgan fingerprint density at radius 3 is 3.00 bits per heavy atom. The van der Waals surface area contributed by atoms with Gasteiger partial charge in [0.05, 0.1) is 0 Å². The van der Waals surface area contributed by atoms with Crippen LogP contribution < -0.4 is 0 Å². The fourth-order valence-corrected chi connectivity index (χ4v) is 0.433. The van der Waals surface area contributed by atoms with Crippen molar-refractivity contribution in [1.29, 1.82) is 0 Å². The number of hydrogen-bond donors (Lipinski definition) is 0. The van der Waals surface area contributed by atoms with Crippen LogP contribution >= 0.6 is 11.8 Å². The summed E-state index contributed by atoms with van der Waals surface area (Å²) < 4.78 is 6.67. The second-order valence-corrected chi connectivity index (χ2v) is 1.72. The molecule has 0 aliphatic rings. The Balaban J connectivity index is 2.34. The number of hydrogen-bond acceptors (Lipinski definition) is 1. The highest BCUT2D eigenvalue weighted by Gasteiger charge is 1.67. The quantitative estimate of drug-likeness (QED) is 0.467. The summed E-state index contributed by atoms with van der Waals surface area (Å²) in [6.07, 6.45) is 1.72. The van der Waals surface area contributed by atoms with Crippen LogP contribution in [0.4, 0.5) is 0 Å². The van der Waals surface area contributed by atoms with Crippen molar-refractivity contribution >= 4 is 11.8 Å². The fourth-order valence-electron chi connectivity index (χ4n) is 0.144. The number of thioether (sulfide) groups is 1. The molecule has 0 radical (unpaired) electrons. The van der Waals surface area contributed by atoms with Gasteiger partial charge < -0.3 is 0 Å². The highest BCUT2D eigenvalue weighted by Crippen LogP contribution is 1.91. The van der Waals surface area contributed by atoms with E-state index in [2.05, 4.69) is 6.92 Å². The summed E-state index contributed by atoms with van der Waals surface area (Å²) in [6.45, 7) is 2.13. The summed E-state index contributed by atoms with van der Waals surface area (Å²) in [7, 11) is 0. The van der Waals surface area contributed by atoms with Crippen molar-refractivity contribution in [3.63, 3.8) is 0 Å². The first-order valence-electron chi connectivity index (χ1n) is 2.49. The molecule has 5 heavy (non-hydrogen) atoms. The Hall–Kier alpha value is 0.350. The first-order chi connectivity index (χ1) is 2.91. The molecule has 32 valence electrons. The van der Waals surface area contributed by atoms with Crippen LogP contribution in [0, 0.1) is 0 Å². The van der Waals surface area contributed by atoms with E-state index in [9.17, 15) is 0 Å². The van der Waals surface area contributed by atoms with Gasteiger partial charge in [0, 0.05) is 1.37 Å². The van der Waals surface area contributed by atoms with Crippen LogP contribution in [-0.2, 0) is 0 Å². The zero-order valence-electron chi connectivity index (χ0n) is 4.53. The molecule has 0 nitrogen and oxygen atoms in total. The highest BCUT2D eigenvalue weighted by atomic mass is 32.2. The van der Waals surface area contributed by atoms with E-state index in [1.165, 1.54) is 6.42 Å². The summed E-state index contributed by atoms with van der Waals surface area (Å²) in [5.74, 6) is 1.14. The standard InChI is InChI=1S/C4H10S/c1-3-4-5-2/h3-4H2,1-2H3/i2D. The van der Waals surface area contributed by atoms with Crippen molar-refractivity contribution in [3.05, 3.63) is 0 Å². The van der Waals surface area contributed by atoms with E-state index < -0.39 is 0 Å². The van der Waals surface area contributed by atoms with Crippen molar-refractivity contribution in [1.82, 2.24) is 0 Å². The molecule has 0 saturated carbocycles. The molecule has 0 amide bonds. The average molecular weight is 91.2 g/mol. The first kappa shape index (κ1) is 3.54. The van der Waals surface area contributed by atoms with E-state index in [1.54, 1.807) is 11.8 Å². The minimum absolute atomic E-state index is 0.522. The van der Waals surface area contributed by atoms with Crippen LogP contribution in [0.3, 0.4) is 0 Å². The molecule has 0 saturated heterocycles. The van der Waals surface area contributed by atoms with Crippen molar-refractivity contribution in [2.24, 2.45) is 0 Å². The normalized spacial score (nSPS) is 11.0. The maximum absolute atomic E-state index is 6.67. The average Bonchev–Trinajstić information content (AvgIpc) is 1.61. The molecule has 0 aromatic rings. The van der Waals surface area contributed by atoms with E-state index in [1.807, 2.05) is 0 Å². The molecule has 0 bridgehead atoms. The Labute approximate surface area is 39.4 Å². The van der Waals surface area contributed by atoms with Gasteiger partial charge in [-0.3, -0.25) is 0 Å². The van der Waals surface area contributed by atoms with E-state index >= 15 is 0 Å². The highest BCUT2D eigenvalue weighted by molar-refractivity contribution is 7.98. The van der Waals surface area contributed by atoms with Crippen LogP contribution in [0.15, 0.2) is 0 Å². The van der Waals surface area contributed by atoms with Gasteiger partial charge in [-0.15, -0.1) is 0 Å². The van der Waals surface area contributed by atoms with E-state index in [-0.39, 0.29) is 0 Å². The molecule has 0 atom stereocenters. The predicted octanol–water partition coefficient (Wildman–Crippen LogP) is 1.76. The summed E-state index contributed by atoms with van der Waals surface area (Å²) >= 11 is 1.67. The molecule has 0 aliphatic carbocycles. The van der Waals surface area contributed by atoms with Gasteiger partial charge in [0.25, 0.3) is 0 Å². The second-order valence-electron chi connectivity index (χ2n) is 0.908. The van der Waals surface area contributed by atoms with E-state index in [0.29, 0.717) is 6.23 Å². The first-order valence-corrected chi connectivity index (χ1v) is 2.94. The zero-order valence-corrected chi connectivity index (χ0v) is 4.35. The van der Waals surface area contributed by atoms with Crippen molar-refractivity contribution in [2.45, 2.75) is 13.3 Å². The lowest BCUT2D eigenvalue weighted by atomic mass is 10.6. The lowest BCUT2D eigenvalue weighted by molar-refractivity contribution is 1.11. The Morgan fingerprint density at radius 2 is 2.80 bits per heavy atom. The third kappa shape index (κ3) is 4.35. The molecule has 0 aliphatic heterocycles. The molecular weight excluding hydrogens is 80.1 g/mol. The Morgan fingerprint density at radius 1 is 2.00 bits per heavy atom. The molecule has 0 N–H and O–H groups in total. The van der Waals surface area contributed by atoms with Crippen molar-refractivity contribution in [3.8, 4) is 0 Å². The molecule has 0 aromatic carbocycles. The van der Waals surface area contributed by atoms with Gasteiger partial charge in [0.2, 0.25) is 0 Å². The lowest BCUT2D eigenvalue weighted by Gasteiger charge is -1.80. The van der Waals surface area contributed by atoms with Crippen LogP contribution in [0.25, 0.3) is 0 Å². The minimum Gasteiger partial charge on any atom is -0.165 e. The zero-order chi connectivity index (χ0) is 4.83. The van der Waals surface area contributed by atoms with Gasteiger partial charge in [0.1, 0.15) is 0 Å². The van der Waals surface area contributed by atoms with Gasteiger partial charge in [-0.2, -0.15) is 11.8 Å². The summed E-state index contributed by atoms with van der Waals surface area (Å²) in [5, 5.41) is 0. The van der Waals surface area contributed by atoms with Crippen LogP contribution in [0.1, 0.15) is 14.7 Å². The lowest BCUT2D eigenvalue weighted by Crippen LogP contribution is -1.64. The molecule has 0 rings (SSSR count). The maximum Gasteiger partial charge on any atom is 0.0344 e. The van der Waals surface area contributed by atoms with Crippen LogP contribution in [-0.4, -0.2) is 12.0 Å². The summed E-state index contributed by atoms with van der Waals surface area (Å²) in [5.41, 5.74) is 0. The van der Waals surface area contributed by atoms with Gasteiger partial charge >= 0.3 is 0 Å². The van der Waals surface area contributed by atoms with Crippen LogP contribution in [0.2, 0.25) is 0 Å². The van der Waals surface area contributed by atoms with Crippen molar-refractivity contribution < 1.29 is 1.37 Å². The van der Waals surface area contributed by atoms with Gasteiger partial charge in [-0.05, 0) is 18.4 Å². The van der Waals surface area contributed by atoms with E-state index in [0.717, 1.165) is 5.75 Å². The smallest absolute Gasteiger partial charge is 0.0344 e. The molecule has 1 heteroatoms. The number of rotatable bonds is 2. The Kier molecular flexibility index (Phi) is 3.08. The third-order valence-electron chi connectivity index (χ3n) is 0.348. The van der Waals surface area contributed by atoms with Gasteiger partial charge in [-0.25, -0.2) is 0 Å². The van der Waals surface area contributed by atoms with E-state index in [4.69, 9.17) is 1.37 Å². The second kappa shape index (κ2) is 4.35. The van der Waals surface area contributed by atoms with Crippen molar-refractivity contribution in [2.75, 3.05) is 12.0 Å². The monoisotopic (exact) mass is 91.1 g/mol. The molecule has 0 heterocycles. The van der Waals surface area contributed by atoms with Gasteiger partial charge in [-0.1, -0.05) is 6.92 Å². The Bertz CT molecular complexity index is 19.5. The van der Waals surface area contributed by atoms with Crippen LogP contribution in [0.5, 0.6) is 0 Å². The minimum atomic E-state index is 0.522. The summed E-state index contributed by atoms with van der Waals surface area (Å²) in [6, 6.07) is 0. The largest absolute Gasteiger partial charge is 0.165 e. The molecule has 0 aromatic heterocycles. The maximum atomic E-state index is 6.67.